The molecule has 0 amide bonds. The van der Waals surface area contributed by atoms with Gasteiger partial charge in [-0.2, -0.15) is 0 Å². The topological polar surface area (TPSA) is 69.6 Å². The zero-order chi connectivity index (χ0) is 19.2. The van der Waals surface area contributed by atoms with Crippen molar-refractivity contribution in [2.45, 2.75) is 6.61 Å². The van der Waals surface area contributed by atoms with Gasteiger partial charge in [-0.15, -0.1) is 0 Å². The molecule has 0 bridgehead atoms. The van der Waals surface area contributed by atoms with Crippen molar-refractivity contribution in [1.29, 1.82) is 0 Å². The zero-order valence-electron chi connectivity index (χ0n) is 15.7. The van der Waals surface area contributed by atoms with E-state index >= 15 is 0 Å². The average Bonchev–Trinajstić information content (AvgIpc) is 2.79. The van der Waals surface area contributed by atoms with Gasteiger partial charge in [0.2, 0.25) is 0 Å². The maximum absolute atomic E-state index is 5.92. The van der Waals surface area contributed by atoms with E-state index in [1.54, 1.807) is 13.3 Å². The molecular weight excluding hydrogens is 356 g/mol. The highest BCUT2D eigenvalue weighted by molar-refractivity contribution is 5.54. The van der Waals surface area contributed by atoms with Crippen molar-refractivity contribution in [3.63, 3.8) is 0 Å². The summed E-state index contributed by atoms with van der Waals surface area (Å²) in [6, 6.07) is 15.2. The van der Waals surface area contributed by atoms with Crippen LogP contribution in [0, 0.1) is 0 Å². The molecule has 2 aromatic heterocycles. The molecule has 0 saturated carbocycles. The summed E-state index contributed by atoms with van der Waals surface area (Å²) in [4.78, 5) is 16.0. The van der Waals surface area contributed by atoms with Gasteiger partial charge in [-0.25, -0.2) is 9.97 Å². The van der Waals surface area contributed by atoms with Crippen molar-refractivity contribution in [3.05, 3.63) is 60.4 Å². The Kier molecular flexibility index (Phi) is 5.63. The van der Waals surface area contributed by atoms with Gasteiger partial charge in [0.05, 0.1) is 26.0 Å². The van der Waals surface area contributed by atoms with E-state index in [0.717, 1.165) is 41.8 Å². The number of ether oxygens (including phenoxy) is 3. The molecule has 0 aliphatic carbocycles. The molecule has 4 rings (SSSR count). The summed E-state index contributed by atoms with van der Waals surface area (Å²) in [7, 11) is 1.64. The van der Waals surface area contributed by atoms with Crippen molar-refractivity contribution in [2.75, 3.05) is 38.3 Å². The fraction of sp³-hybridized carbons (Fsp3) is 0.286. The Morgan fingerprint density at radius 1 is 1.00 bits per heavy atom. The third-order valence-corrected chi connectivity index (χ3v) is 4.44. The van der Waals surface area contributed by atoms with Gasteiger partial charge >= 0.3 is 0 Å². The first kappa shape index (κ1) is 18.2. The van der Waals surface area contributed by atoms with Gasteiger partial charge in [0, 0.05) is 25.4 Å². The van der Waals surface area contributed by atoms with Crippen LogP contribution >= 0.6 is 0 Å². The second-order valence-electron chi connectivity index (χ2n) is 6.32. The monoisotopic (exact) mass is 378 g/mol. The van der Waals surface area contributed by atoms with E-state index in [2.05, 4.69) is 14.9 Å². The van der Waals surface area contributed by atoms with Gasteiger partial charge in [0.25, 0.3) is 0 Å². The first-order chi connectivity index (χ1) is 13.8. The highest BCUT2D eigenvalue weighted by atomic mass is 16.5. The number of methoxy groups -OCH3 is 1. The van der Waals surface area contributed by atoms with Gasteiger partial charge < -0.3 is 19.1 Å². The number of hydrogen-bond donors (Lipinski definition) is 0. The standard InChI is InChI=1S/C21H22N4O3/c1-26-17-5-7-18(8-6-17)28-15-16-14-20(25-10-12-27-13-11-25)24-21(23-16)19-4-2-3-9-22-19/h2-9,14H,10-13,15H2,1H3. The molecule has 0 atom stereocenters. The highest BCUT2D eigenvalue weighted by Crippen LogP contribution is 2.22. The molecule has 28 heavy (non-hydrogen) atoms. The number of anilines is 1. The van der Waals surface area contributed by atoms with Gasteiger partial charge in [-0.1, -0.05) is 6.07 Å². The van der Waals surface area contributed by atoms with E-state index in [4.69, 9.17) is 19.2 Å². The Labute approximate surface area is 163 Å². The van der Waals surface area contributed by atoms with Crippen LogP contribution in [-0.4, -0.2) is 48.4 Å². The van der Waals surface area contributed by atoms with Crippen molar-refractivity contribution in [2.24, 2.45) is 0 Å². The molecule has 1 aliphatic rings. The minimum absolute atomic E-state index is 0.339. The predicted molar refractivity (Wildman–Crippen MR) is 106 cm³/mol. The Morgan fingerprint density at radius 2 is 1.79 bits per heavy atom. The lowest BCUT2D eigenvalue weighted by molar-refractivity contribution is 0.122. The lowest BCUT2D eigenvalue weighted by Gasteiger charge is -2.28. The summed E-state index contributed by atoms with van der Waals surface area (Å²) in [5.41, 5.74) is 1.54. The fourth-order valence-corrected chi connectivity index (χ4v) is 2.95. The van der Waals surface area contributed by atoms with Crippen molar-refractivity contribution in [3.8, 4) is 23.0 Å². The molecule has 1 fully saturated rings. The number of hydrogen-bond acceptors (Lipinski definition) is 7. The van der Waals surface area contributed by atoms with Crippen LogP contribution in [-0.2, 0) is 11.3 Å². The van der Waals surface area contributed by atoms with Gasteiger partial charge in [-0.05, 0) is 36.4 Å². The lowest BCUT2D eigenvalue weighted by atomic mass is 10.3. The SMILES string of the molecule is COc1ccc(OCc2cc(N3CCOCC3)nc(-c3ccccn3)n2)cc1. The second-order valence-corrected chi connectivity index (χ2v) is 6.32. The molecule has 1 aromatic carbocycles. The van der Waals surface area contributed by atoms with Gasteiger partial charge in [0.15, 0.2) is 5.82 Å². The van der Waals surface area contributed by atoms with Crippen molar-refractivity contribution >= 4 is 5.82 Å². The number of aromatic nitrogens is 3. The lowest BCUT2D eigenvalue weighted by Crippen LogP contribution is -2.37. The van der Waals surface area contributed by atoms with Crippen molar-refractivity contribution < 1.29 is 14.2 Å². The molecule has 0 radical (unpaired) electrons. The number of benzene rings is 1. The first-order valence-electron chi connectivity index (χ1n) is 9.21. The highest BCUT2D eigenvalue weighted by Gasteiger charge is 2.16. The molecule has 0 N–H and O–H groups in total. The molecular formula is C21H22N4O3. The molecule has 3 heterocycles. The maximum atomic E-state index is 5.92. The summed E-state index contributed by atoms with van der Waals surface area (Å²) in [6.07, 6.45) is 1.74. The third kappa shape index (κ3) is 4.37. The van der Waals surface area contributed by atoms with Crippen LogP contribution in [0.25, 0.3) is 11.5 Å². The predicted octanol–water partition coefficient (Wildman–Crippen LogP) is 2.96. The maximum Gasteiger partial charge on any atom is 0.180 e. The zero-order valence-corrected chi connectivity index (χ0v) is 15.7. The molecule has 144 valence electrons. The van der Waals surface area contributed by atoms with Crippen LogP contribution in [0.1, 0.15) is 5.69 Å². The van der Waals surface area contributed by atoms with E-state index in [9.17, 15) is 0 Å². The molecule has 7 heteroatoms. The number of rotatable bonds is 6. The third-order valence-electron chi connectivity index (χ3n) is 4.44. The Morgan fingerprint density at radius 3 is 2.50 bits per heavy atom. The Hall–Kier alpha value is -3.19. The summed E-state index contributed by atoms with van der Waals surface area (Å²) in [6.45, 7) is 3.34. The van der Waals surface area contributed by atoms with Gasteiger partial charge in [-0.3, -0.25) is 4.98 Å². The molecule has 1 aliphatic heterocycles. The molecule has 1 saturated heterocycles. The summed E-state index contributed by atoms with van der Waals surface area (Å²) < 4.78 is 16.6. The molecule has 3 aromatic rings. The minimum Gasteiger partial charge on any atom is -0.497 e. The fourth-order valence-electron chi connectivity index (χ4n) is 2.95. The van der Waals surface area contributed by atoms with Crippen molar-refractivity contribution in [1.82, 2.24) is 15.0 Å². The van der Waals surface area contributed by atoms with Crippen LogP contribution in [0.15, 0.2) is 54.7 Å². The van der Waals surface area contributed by atoms with Crippen LogP contribution < -0.4 is 14.4 Å². The largest absolute Gasteiger partial charge is 0.497 e. The Bertz CT molecular complexity index is 897. The number of morpholine rings is 1. The molecule has 0 unspecified atom stereocenters. The van der Waals surface area contributed by atoms with Gasteiger partial charge in [0.1, 0.15) is 29.6 Å². The Balaban J connectivity index is 1.59. The minimum atomic E-state index is 0.339. The van der Waals surface area contributed by atoms with E-state index in [-0.39, 0.29) is 0 Å². The normalized spacial score (nSPS) is 14.0. The van der Waals surface area contributed by atoms with E-state index < -0.39 is 0 Å². The number of pyridine rings is 1. The summed E-state index contributed by atoms with van der Waals surface area (Å²) in [5, 5.41) is 0. The van der Waals surface area contributed by atoms with E-state index in [0.29, 0.717) is 25.6 Å². The van der Waals surface area contributed by atoms with Crippen LogP contribution in [0.2, 0.25) is 0 Å². The van der Waals surface area contributed by atoms with Crippen LogP contribution in [0.3, 0.4) is 0 Å². The molecule has 7 nitrogen and oxygen atoms in total. The molecule has 0 spiro atoms. The van der Waals surface area contributed by atoms with Crippen LogP contribution in [0.5, 0.6) is 11.5 Å². The quantitative estimate of drug-likeness (QED) is 0.653. The number of nitrogens with zero attached hydrogens (tertiary/aromatic N) is 4. The summed E-state index contributed by atoms with van der Waals surface area (Å²) >= 11 is 0. The summed E-state index contributed by atoms with van der Waals surface area (Å²) in [5.74, 6) is 3.01. The smallest absolute Gasteiger partial charge is 0.180 e. The first-order valence-corrected chi connectivity index (χ1v) is 9.21. The van der Waals surface area contributed by atoms with E-state index in [1.807, 2.05) is 48.5 Å². The van der Waals surface area contributed by atoms with Crippen LogP contribution in [0.4, 0.5) is 5.82 Å². The van der Waals surface area contributed by atoms with E-state index in [1.165, 1.54) is 0 Å². The average molecular weight is 378 g/mol. The second kappa shape index (κ2) is 8.67.